The van der Waals surface area contributed by atoms with Crippen LogP contribution in [0.15, 0.2) is 42.7 Å². The van der Waals surface area contributed by atoms with Gasteiger partial charge in [-0.25, -0.2) is 0 Å². The lowest BCUT2D eigenvalue weighted by Gasteiger charge is -2.18. The summed E-state index contributed by atoms with van der Waals surface area (Å²) >= 11 is 5.96. The second-order valence-electron chi connectivity index (χ2n) is 5.88. The number of aliphatic hydroxyl groups is 1. The van der Waals surface area contributed by atoms with Gasteiger partial charge < -0.3 is 14.7 Å². The molecule has 1 N–H and O–H groups in total. The highest BCUT2D eigenvalue weighted by Crippen LogP contribution is 2.34. The molecule has 6 heteroatoms. The lowest BCUT2D eigenvalue weighted by atomic mass is 9.90. The number of aliphatic hydroxyl groups excluding tert-OH is 1. The molecule has 24 heavy (non-hydrogen) atoms. The summed E-state index contributed by atoms with van der Waals surface area (Å²) in [7, 11) is 1.52. The molecule has 1 saturated heterocycles. The second-order valence-corrected chi connectivity index (χ2v) is 6.32. The largest absolute Gasteiger partial charge is 0.496 e. The number of likely N-dealkylation sites (tertiary alicyclic amines) is 1. The van der Waals surface area contributed by atoms with Gasteiger partial charge in [0, 0.05) is 48.9 Å². The topological polar surface area (TPSA) is 62.7 Å². The van der Waals surface area contributed by atoms with Crippen molar-refractivity contribution < 1.29 is 14.6 Å². The van der Waals surface area contributed by atoms with Gasteiger partial charge in [-0.2, -0.15) is 0 Å². The number of hydrogen-bond donors (Lipinski definition) is 1. The maximum absolute atomic E-state index is 12.9. The first-order chi connectivity index (χ1) is 11.6. The zero-order chi connectivity index (χ0) is 17.1. The third-order valence-electron chi connectivity index (χ3n) is 4.49. The maximum Gasteiger partial charge on any atom is 0.257 e. The van der Waals surface area contributed by atoms with Gasteiger partial charge in [0.1, 0.15) is 5.75 Å². The second kappa shape index (κ2) is 7.20. The van der Waals surface area contributed by atoms with Gasteiger partial charge in [0.2, 0.25) is 0 Å². The van der Waals surface area contributed by atoms with E-state index in [1.165, 1.54) is 7.11 Å². The lowest BCUT2D eigenvalue weighted by molar-refractivity contribution is 0.0778. The molecular weight excluding hydrogens is 328 g/mol. The maximum atomic E-state index is 12.9. The Morgan fingerprint density at radius 2 is 2.08 bits per heavy atom. The van der Waals surface area contributed by atoms with Gasteiger partial charge in [-0.1, -0.05) is 11.6 Å². The molecule has 2 heterocycles. The van der Waals surface area contributed by atoms with Crippen molar-refractivity contribution in [2.75, 3.05) is 26.8 Å². The van der Waals surface area contributed by atoms with Crippen LogP contribution in [-0.4, -0.2) is 47.7 Å². The Morgan fingerprint density at radius 3 is 2.75 bits per heavy atom. The summed E-state index contributed by atoms with van der Waals surface area (Å²) in [6.07, 6.45) is 3.47. The van der Waals surface area contributed by atoms with Gasteiger partial charge >= 0.3 is 0 Å². The molecule has 1 aromatic carbocycles. The Kier molecular flexibility index (Phi) is 5.02. The van der Waals surface area contributed by atoms with Gasteiger partial charge in [0.25, 0.3) is 5.91 Å². The molecule has 2 atom stereocenters. The Labute approximate surface area is 145 Å². The van der Waals surface area contributed by atoms with Crippen LogP contribution in [0.4, 0.5) is 0 Å². The van der Waals surface area contributed by atoms with Gasteiger partial charge in [-0.05, 0) is 35.9 Å². The fourth-order valence-corrected chi connectivity index (χ4v) is 3.38. The van der Waals surface area contributed by atoms with Crippen molar-refractivity contribution in [1.82, 2.24) is 9.88 Å². The highest BCUT2D eigenvalue weighted by Gasteiger charge is 2.36. The molecule has 1 fully saturated rings. The van der Waals surface area contributed by atoms with E-state index in [0.29, 0.717) is 29.4 Å². The monoisotopic (exact) mass is 346 g/mol. The summed E-state index contributed by atoms with van der Waals surface area (Å²) in [5.41, 5.74) is 1.57. The number of methoxy groups -OCH3 is 1. The van der Waals surface area contributed by atoms with E-state index >= 15 is 0 Å². The number of aromatic nitrogens is 1. The van der Waals surface area contributed by atoms with Crippen LogP contribution in [0.2, 0.25) is 5.02 Å². The third-order valence-corrected chi connectivity index (χ3v) is 4.73. The summed E-state index contributed by atoms with van der Waals surface area (Å²) in [5.74, 6) is 0.453. The molecule has 0 bridgehead atoms. The minimum absolute atomic E-state index is 0.00893. The summed E-state index contributed by atoms with van der Waals surface area (Å²) in [6.45, 7) is 1.10. The van der Waals surface area contributed by atoms with Crippen LogP contribution in [0.5, 0.6) is 5.75 Å². The number of carbonyl (C=O) groups excluding carboxylic acids is 1. The average molecular weight is 347 g/mol. The van der Waals surface area contributed by atoms with Crippen LogP contribution in [0, 0.1) is 5.92 Å². The van der Waals surface area contributed by atoms with Crippen LogP contribution in [-0.2, 0) is 0 Å². The van der Waals surface area contributed by atoms with E-state index in [9.17, 15) is 9.90 Å². The van der Waals surface area contributed by atoms with Gasteiger partial charge in [-0.3, -0.25) is 9.78 Å². The van der Waals surface area contributed by atoms with E-state index in [4.69, 9.17) is 16.3 Å². The van der Waals surface area contributed by atoms with Crippen LogP contribution in [0.25, 0.3) is 0 Å². The predicted molar refractivity (Wildman–Crippen MR) is 91.5 cm³/mol. The summed E-state index contributed by atoms with van der Waals surface area (Å²) in [6, 6.07) is 8.86. The highest BCUT2D eigenvalue weighted by atomic mass is 35.5. The van der Waals surface area contributed by atoms with Gasteiger partial charge in [0.05, 0.1) is 12.7 Å². The number of hydrogen-bond acceptors (Lipinski definition) is 4. The number of nitrogens with zero attached hydrogens (tertiary/aromatic N) is 2. The van der Waals surface area contributed by atoms with E-state index in [-0.39, 0.29) is 24.3 Å². The van der Waals surface area contributed by atoms with Gasteiger partial charge in [-0.15, -0.1) is 0 Å². The van der Waals surface area contributed by atoms with Crippen molar-refractivity contribution in [2.24, 2.45) is 5.92 Å². The highest BCUT2D eigenvalue weighted by molar-refractivity contribution is 6.30. The first-order valence-electron chi connectivity index (χ1n) is 7.77. The quantitative estimate of drug-likeness (QED) is 0.924. The zero-order valence-corrected chi connectivity index (χ0v) is 14.1. The van der Waals surface area contributed by atoms with Crippen LogP contribution < -0.4 is 4.74 Å². The first kappa shape index (κ1) is 16.7. The molecule has 126 valence electrons. The molecule has 1 aliphatic heterocycles. The van der Waals surface area contributed by atoms with Crippen LogP contribution >= 0.6 is 11.6 Å². The summed E-state index contributed by atoms with van der Waals surface area (Å²) in [4.78, 5) is 18.7. The molecule has 3 rings (SSSR count). The molecule has 1 amide bonds. The van der Waals surface area contributed by atoms with Crippen molar-refractivity contribution in [2.45, 2.75) is 5.92 Å². The van der Waals surface area contributed by atoms with E-state index in [1.807, 2.05) is 12.1 Å². The Bertz CT molecular complexity index is 723. The number of carbonyl (C=O) groups is 1. The first-order valence-corrected chi connectivity index (χ1v) is 8.15. The Hall–Kier alpha value is -2.11. The molecule has 0 saturated carbocycles. The number of rotatable bonds is 4. The smallest absolute Gasteiger partial charge is 0.257 e. The number of benzene rings is 1. The van der Waals surface area contributed by atoms with E-state index in [2.05, 4.69) is 4.98 Å². The number of pyridine rings is 1. The van der Waals surface area contributed by atoms with Crippen LogP contribution in [0.1, 0.15) is 21.8 Å². The molecule has 1 aromatic heterocycles. The molecular formula is C18H19ClN2O3. The van der Waals surface area contributed by atoms with E-state index in [1.54, 1.807) is 35.5 Å². The Balaban J connectivity index is 1.84. The van der Waals surface area contributed by atoms with Crippen molar-refractivity contribution in [3.8, 4) is 5.75 Å². The predicted octanol–water partition coefficient (Wildman–Crippen LogP) is 2.59. The zero-order valence-electron chi connectivity index (χ0n) is 13.4. The SMILES string of the molecule is COc1cc(Cl)ccc1C(=O)N1C[C@@H](CO)[C@H](c2ccncc2)C1. The molecule has 2 aromatic rings. The minimum Gasteiger partial charge on any atom is -0.496 e. The fraction of sp³-hybridized carbons (Fsp3) is 0.333. The van der Waals surface area contributed by atoms with Crippen molar-refractivity contribution in [3.05, 3.63) is 58.9 Å². The van der Waals surface area contributed by atoms with Crippen molar-refractivity contribution >= 4 is 17.5 Å². The number of ether oxygens (including phenoxy) is 1. The van der Waals surface area contributed by atoms with E-state index in [0.717, 1.165) is 5.56 Å². The molecule has 5 nitrogen and oxygen atoms in total. The standard InChI is InChI=1S/C18H19ClN2O3/c1-24-17-8-14(19)2-3-15(17)18(23)21-9-13(11-22)16(10-21)12-4-6-20-7-5-12/h2-8,13,16,22H,9-11H2,1H3/t13-,16-/m0/s1. The molecule has 0 radical (unpaired) electrons. The van der Waals surface area contributed by atoms with Crippen LogP contribution in [0.3, 0.4) is 0 Å². The Morgan fingerprint density at radius 1 is 1.33 bits per heavy atom. The number of amides is 1. The average Bonchev–Trinajstić information content (AvgIpc) is 3.06. The normalized spacial score (nSPS) is 20.2. The molecule has 0 unspecified atom stereocenters. The van der Waals surface area contributed by atoms with Gasteiger partial charge in [0.15, 0.2) is 0 Å². The molecule has 1 aliphatic rings. The third kappa shape index (κ3) is 3.23. The minimum atomic E-state index is -0.112. The molecule has 0 aliphatic carbocycles. The van der Waals surface area contributed by atoms with E-state index < -0.39 is 0 Å². The summed E-state index contributed by atoms with van der Waals surface area (Å²) in [5, 5.41) is 10.2. The van der Waals surface area contributed by atoms with Crippen molar-refractivity contribution in [3.63, 3.8) is 0 Å². The summed E-state index contributed by atoms with van der Waals surface area (Å²) < 4.78 is 5.28. The fourth-order valence-electron chi connectivity index (χ4n) is 3.22. The lowest BCUT2D eigenvalue weighted by Crippen LogP contribution is -2.29. The molecule has 0 spiro atoms. The number of halogens is 1. The van der Waals surface area contributed by atoms with Crippen molar-refractivity contribution in [1.29, 1.82) is 0 Å².